The normalized spacial score (nSPS) is 11.7. The zero-order valence-corrected chi connectivity index (χ0v) is 18.3. The molecule has 0 aliphatic carbocycles. The van der Waals surface area contributed by atoms with Gasteiger partial charge in [-0.05, 0) is 44.0 Å². The van der Waals surface area contributed by atoms with Gasteiger partial charge >= 0.3 is 5.69 Å². The number of imidazole rings is 1. The van der Waals surface area contributed by atoms with Gasteiger partial charge < -0.3 is 14.0 Å². The fourth-order valence-corrected chi connectivity index (χ4v) is 3.51. The van der Waals surface area contributed by atoms with Crippen LogP contribution >= 0.6 is 0 Å². The van der Waals surface area contributed by atoms with Crippen molar-refractivity contribution in [2.45, 2.75) is 39.8 Å². The fourth-order valence-electron chi connectivity index (χ4n) is 3.51. The van der Waals surface area contributed by atoms with E-state index in [1.54, 1.807) is 30.4 Å². The number of rotatable bonds is 7. The third-order valence-corrected chi connectivity index (χ3v) is 5.02. The highest BCUT2D eigenvalue weighted by Gasteiger charge is 2.20. The second-order valence-electron chi connectivity index (χ2n) is 7.35. The Kier molecular flexibility index (Phi) is 6.14. The number of benzene rings is 1. The van der Waals surface area contributed by atoms with E-state index in [2.05, 4.69) is 4.98 Å². The molecule has 0 aliphatic heterocycles. The van der Waals surface area contributed by atoms with Crippen LogP contribution in [0.3, 0.4) is 0 Å². The van der Waals surface area contributed by atoms with Crippen molar-refractivity contribution in [2.24, 2.45) is 7.05 Å². The predicted molar refractivity (Wildman–Crippen MR) is 118 cm³/mol. The number of hydrogen-bond donors (Lipinski definition) is 0. The van der Waals surface area contributed by atoms with E-state index in [0.717, 1.165) is 12.0 Å². The van der Waals surface area contributed by atoms with Crippen molar-refractivity contribution < 1.29 is 9.47 Å². The minimum atomic E-state index is -0.321. The van der Waals surface area contributed by atoms with E-state index in [1.165, 1.54) is 4.57 Å². The van der Waals surface area contributed by atoms with Crippen LogP contribution in [0.1, 0.15) is 44.6 Å². The standard InChI is InChI=1S/C22H28N4O4/c1-7-12-25-20-19(21(27)26(14(2)3)22(25)28)24(4)18(23-20)11-9-15-8-10-16(29-5)17(13-15)30-6/h8-11,13-14H,7,12H2,1-6H3/b11-9+. The van der Waals surface area contributed by atoms with Crippen molar-refractivity contribution in [3.63, 3.8) is 0 Å². The molecule has 1 aromatic carbocycles. The Morgan fingerprint density at radius 3 is 2.40 bits per heavy atom. The van der Waals surface area contributed by atoms with Gasteiger partial charge in [-0.1, -0.05) is 19.1 Å². The molecule has 2 heterocycles. The monoisotopic (exact) mass is 412 g/mol. The summed E-state index contributed by atoms with van der Waals surface area (Å²) in [7, 11) is 4.96. The first-order chi connectivity index (χ1) is 14.3. The molecule has 0 bridgehead atoms. The van der Waals surface area contributed by atoms with Crippen LogP contribution in [0.5, 0.6) is 11.5 Å². The maximum absolute atomic E-state index is 13.0. The van der Waals surface area contributed by atoms with Gasteiger partial charge in [0.2, 0.25) is 0 Å². The number of methoxy groups -OCH3 is 2. The van der Waals surface area contributed by atoms with Gasteiger partial charge in [-0.25, -0.2) is 9.78 Å². The smallest absolute Gasteiger partial charge is 0.332 e. The van der Waals surface area contributed by atoms with E-state index in [4.69, 9.17) is 9.47 Å². The Morgan fingerprint density at radius 2 is 1.80 bits per heavy atom. The van der Waals surface area contributed by atoms with Crippen molar-refractivity contribution in [2.75, 3.05) is 14.2 Å². The lowest BCUT2D eigenvalue weighted by Gasteiger charge is -2.13. The third-order valence-electron chi connectivity index (χ3n) is 5.02. The molecule has 3 rings (SSSR count). The Balaban J connectivity index is 2.17. The molecule has 2 aromatic heterocycles. The van der Waals surface area contributed by atoms with E-state index in [0.29, 0.717) is 35.0 Å². The Hall–Kier alpha value is -3.29. The number of nitrogens with zero attached hydrogens (tertiary/aromatic N) is 4. The van der Waals surface area contributed by atoms with Crippen LogP contribution in [0.4, 0.5) is 0 Å². The Labute approximate surface area is 175 Å². The number of ether oxygens (including phenoxy) is 2. The summed E-state index contributed by atoms with van der Waals surface area (Å²) in [5, 5.41) is 0. The van der Waals surface area contributed by atoms with Gasteiger partial charge in [0.1, 0.15) is 5.82 Å². The van der Waals surface area contributed by atoms with Crippen molar-refractivity contribution in [1.82, 2.24) is 18.7 Å². The Morgan fingerprint density at radius 1 is 1.10 bits per heavy atom. The van der Waals surface area contributed by atoms with Crippen molar-refractivity contribution in [3.05, 3.63) is 50.4 Å². The van der Waals surface area contributed by atoms with Gasteiger partial charge in [0.15, 0.2) is 22.7 Å². The third kappa shape index (κ3) is 3.65. The summed E-state index contributed by atoms with van der Waals surface area (Å²) in [5.41, 5.74) is 1.09. The SMILES string of the molecule is CCCn1c(=O)n(C(C)C)c(=O)c2c1nc(/C=C/c1ccc(OC)c(OC)c1)n2C. The molecule has 8 nitrogen and oxygen atoms in total. The van der Waals surface area contributed by atoms with Crippen LogP contribution in [-0.4, -0.2) is 32.9 Å². The molecule has 0 saturated carbocycles. The maximum atomic E-state index is 13.0. The summed E-state index contributed by atoms with van der Waals surface area (Å²) in [6.07, 6.45) is 4.46. The highest BCUT2D eigenvalue weighted by atomic mass is 16.5. The van der Waals surface area contributed by atoms with Gasteiger partial charge in [-0.15, -0.1) is 0 Å². The molecular weight excluding hydrogens is 384 g/mol. The minimum Gasteiger partial charge on any atom is -0.493 e. The first kappa shape index (κ1) is 21.4. The molecular formula is C22H28N4O4. The van der Waals surface area contributed by atoms with E-state index in [1.807, 2.05) is 51.1 Å². The lowest BCUT2D eigenvalue weighted by atomic mass is 10.2. The molecule has 0 fully saturated rings. The van der Waals surface area contributed by atoms with Crippen molar-refractivity contribution >= 4 is 23.3 Å². The average Bonchev–Trinajstić information content (AvgIpc) is 3.05. The summed E-state index contributed by atoms with van der Waals surface area (Å²) in [6, 6.07) is 5.35. The molecule has 3 aromatic rings. The summed E-state index contributed by atoms with van der Waals surface area (Å²) < 4.78 is 15.2. The van der Waals surface area contributed by atoms with Gasteiger partial charge in [0.25, 0.3) is 5.56 Å². The number of aromatic nitrogens is 4. The summed E-state index contributed by atoms with van der Waals surface area (Å²) >= 11 is 0. The van der Waals surface area contributed by atoms with Crippen LogP contribution in [0.15, 0.2) is 27.8 Å². The van der Waals surface area contributed by atoms with E-state index in [9.17, 15) is 9.59 Å². The lowest BCUT2D eigenvalue weighted by molar-refractivity contribution is 0.355. The van der Waals surface area contributed by atoms with E-state index < -0.39 is 0 Å². The highest BCUT2D eigenvalue weighted by Crippen LogP contribution is 2.28. The lowest BCUT2D eigenvalue weighted by Crippen LogP contribution is -2.41. The highest BCUT2D eigenvalue weighted by molar-refractivity contribution is 5.77. The summed E-state index contributed by atoms with van der Waals surface area (Å²) in [6.45, 7) is 6.15. The average molecular weight is 412 g/mol. The van der Waals surface area contributed by atoms with Gasteiger partial charge in [-0.3, -0.25) is 13.9 Å². The van der Waals surface area contributed by atoms with Gasteiger partial charge in [-0.2, -0.15) is 0 Å². The molecule has 0 saturated heterocycles. The van der Waals surface area contributed by atoms with Crippen LogP contribution < -0.4 is 20.7 Å². The first-order valence-corrected chi connectivity index (χ1v) is 9.95. The number of aryl methyl sites for hydroxylation is 2. The number of fused-ring (bicyclic) bond motifs is 1. The predicted octanol–water partition coefficient (Wildman–Crippen LogP) is 3.08. The largest absolute Gasteiger partial charge is 0.493 e. The minimum absolute atomic E-state index is 0.238. The van der Waals surface area contributed by atoms with Crippen molar-refractivity contribution in [3.8, 4) is 11.5 Å². The zero-order chi connectivity index (χ0) is 22.0. The van der Waals surface area contributed by atoms with Gasteiger partial charge in [0, 0.05) is 19.6 Å². The quantitative estimate of drug-likeness (QED) is 0.596. The maximum Gasteiger partial charge on any atom is 0.332 e. The molecule has 0 atom stereocenters. The van der Waals surface area contributed by atoms with E-state index >= 15 is 0 Å². The fraction of sp³-hybridized carbons (Fsp3) is 0.409. The second kappa shape index (κ2) is 8.61. The molecule has 0 amide bonds. The molecule has 160 valence electrons. The molecule has 0 N–H and O–H groups in total. The molecule has 0 aliphatic rings. The summed E-state index contributed by atoms with van der Waals surface area (Å²) in [5.74, 6) is 1.86. The number of hydrogen-bond acceptors (Lipinski definition) is 5. The first-order valence-electron chi connectivity index (χ1n) is 9.95. The van der Waals surface area contributed by atoms with Crippen LogP contribution in [0.2, 0.25) is 0 Å². The Bertz CT molecular complexity index is 1210. The zero-order valence-electron chi connectivity index (χ0n) is 18.3. The molecule has 8 heteroatoms. The van der Waals surface area contributed by atoms with Gasteiger partial charge in [0.05, 0.1) is 14.2 Å². The van der Waals surface area contributed by atoms with Crippen LogP contribution in [0, 0.1) is 0 Å². The topological polar surface area (TPSA) is 80.3 Å². The molecule has 0 spiro atoms. The molecule has 30 heavy (non-hydrogen) atoms. The second-order valence-corrected chi connectivity index (χ2v) is 7.35. The van der Waals surface area contributed by atoms with Crippen LogP contribution in [0.25, 0.3) is 23.3 Å². The van der Waals surface area contributed by atoms with Crippen LogP contribution in [-0.2, 0) is 13.6 Å². The molecule has 0 unspecified atom stereocenters. The molecule has 0 radical (unpaired) electrons. The van der Waals surface area contributed by atoms with Crippen molar-refractivity contribution in [1.29, 1.82) is 0 Å². The summed E-state index contributed by atoms with van der Waals surface area (Å²) in [4.78, 5) is 30.6. The van der Waals surface area contributed by atoms with E-state index in [-0.39, 0.29) is 17.3 Å².